The van der Waals surface area contributed by atoms with Gasteiger partial charge in [0.1, 0.15) is 11.6 Å². The van der Waals surface area contributed by atoms with Crippen molar-refractivity contribution in [2.75, 3.05) is 75.4 Å². The number of rotatable bonds is 9. The van der Waals surface area contributed by atoms with E-state index in [1.807, 2.05) is 0 Å². The number of nitrogens with zero attached hydrogens (tertiary/aromatic N) is 5. The van der Waals surface area contributed by atoms with Gasteiger partial charge in [0.25, 0.3) is 0 Å². The number of benzene rings is 2. The summed E-state index contributed by atoms with van der Waals surface area (Å²) in [6.45, 7) is 11.3. The first-order valence-electron chi connectivity index (χ1n) is 15.2. The van der Waals surface area contributed by atoms with Crippen LogP contribution in [0.25, 0.3) is 10.9 Å². The number of ether oxygens (including phenoxy) is 1. The molecule has 1 saturated carbocycles. The smallest absolute Gasteiger partial charge is 0.140 e. The van der Waals surface area contributed by atoms with Gasteiger partial charge >= 0.3 is 0 Å². The Balaban J connectivity index is 1.06. The van der Waals surface area contributed by atoms with Crippen LogP contribution in [-0.2, 0) is 11.3 Å². The Labute approximate surface area is 232 Å². The van der Waals surface area contributed by atoms with E-state index >= 15 is 0 Å². The highest BCUT2D eigenvalue weighted by Crippen LogP contribution is 2.41. The van der Waals surface area contributed by atoms with E-state index in [9.17, 15) is 0 Å². The minimum Gasteiger partial charge on any atom is -0.379 e. The van der Waals surface area contributed by atoms with E-state index < -0.39 is 0 Å². The number of hydrogen-bond acceptors (Lipinski definition) is 7. The number of piperidine rings is 1. The molecule has 1 aliphatic carbocycles. The molecule has 4 aliphatic rings. The topological polar surface area (TPSA) is 56.8 Å². The predicted octanol–water partition coefficient (Wildman–Crippen LogP) is 4.52. The van der Waals surface area contributed by atoms with E-state index in [2.05, 4.69) is 62.5 Å². The molecule has 7 nitrogen and oxygen atoms in total. The zero-order chi connectivity index (χ0) is 26.0. The van der Waals surface area contributed by atoms with Gasteiger partial charge < -0.3 is 19.9 Å². The summed E-state index contributed by atoms with van der Waals surface area (Å²) in [5.74, 6) is 3.39. The SMILES string of the molecule is c1ccc(N2CCC2)c(C2CCN(c3nc(C4CC4)nc4ccc(CNCCN5CCOCC5)cc34)CC2)c1. The van der Waals surface area contributed by atoms with Gasteiger partial charge in [-0.15, -0.1) is 0 Å². The standard InChI is InChI=1S/C32H42N6O/c1-2-5-30(37-13-3-14-37)27(4-1)25-10-15-38(16-11-25)32-28-22-24(23-33-12-17-36-18-20-39-21-19-36)6-9-29(28)34-31(35-32)26-7-8-26/h1-2,4-6,9,22,25-26,33H,3,7-8,10-21,23H2. The monoisotopic (exact) mass is 526 g/mol. The second-order valence-corrected chi connectivity index (χ2v) is 11.8. The number of hydrogen-bond donors (Lipinski definition) is 1. The van der Waals surface area contributed by atoms with Gasteiger partial charge in [-0.25, -0.2) is 9.97 Å². The van der Waals surface area contributed by atoms with Crippen molar-refractivity contribution in [3.8, 4) is 0 Å². The molecule has 3 aliphatic heterocycles. The van der Waals surface area contributed by atoms with E-state index in [1.165, 1.54) is 61.8 Å². The van der Waals surface area contributed by atoms with Crippen LogP contribution in [0.15, 0.2) is 42.5 Å². The lowest BCUT2D eigenvalue weighted by molar-refractivity contribution is 0.0384. The highest BCUT2D eigenvalue weighted by atomic mass is 16.5. The van der Waals surface area contributed by atoms with Gasteiger partial charge in [0.05, 0.1) is 18.7 Å². The van der Waals surface area contributed by atoms with Crippen molar-refractivity contribution < 1.29 is 4.74 Å². The lowest BCUT2D eigenvalue weighted by Gasteiger charge is -2.38. The Bertz CT molecular complexity index is 1270. The summed E-state index contributed by atoms with van der Waals surface area (Å²) < 4.78 is 5.47. The molecule has 1 aromatic heterocycles. The first kappa shape index (κ1) is 25.2. The Kier molecular flexibility index (Phi) is 7.38. The van der Waals surface area contributed by atoms with Crippen LogP contribution in [0.5, 0.6) is 0 Å². The molecule has 1 N–H and O–H groups in total. The van der Waals surface area contributed by atoms with E-state index in [1.54, 1.807) is 5.56 Å². The van der Waals surface area contributed by atoms with Crippen LogP contribution in [0.2, 0.25) is 0 Å². The maximum absolute atomic E-state index is 5.47. The van der Waals surface area contributed by atoms with Crippen LogP contribution in [0, 0.1) is 0 Å². The molecule has 0 radical (unpaired) electrons. The lowest BCUT2D eigenvalue weighted by atomic mass is 9.87. The van der Waals surface area contributed by atoms with Crippen LogP contribution in [0.1, 0.15) is 60.9 Å². The fourth-order valence-corrected chi connectivity index (χ4v) is 6.43. The Hall–Kier alpha value is -2.74. The molecule has 0 atom stereocenters. The maximum Gasteiger partial charge on any atom is 0.140 e. The molecule has 4 heterocycles. The molecule has 4 fully saturated rings. The third kappa shape index (κ3) is 5.63. The van der Waals surface area contributed by atoms with E-state index in [0.29, 0.717) is 11.8 Å². The number of nitrogens with one attached hydrogen (secondary N) is 1. The number of anilines is 2. The quantitative estimate of drug-likeness (QED) is 0.412. The molecule has 0 amide bonds. The third-order valence-corrected chi connectivity index (χ3v) is 9.11. The maximum atomic E-state index is 5.47. The number of aromatic nitrogens is 2. The van der Waals surface area contributed by atoms with Gasteiger partial charge in [0, 0.05) is 75.9 Å². The Morgan fingerprint density at radius 3 is 2.41 bits per heavy atom. The molecule has 3 aromatic rings. The number of morpholine rings is 1. The van der Waals surface area contributed by atoms with Crippen molar-refractivity contribution in [2.45, 2.75) is 50.5 Å². The molecule has 0 spiro atoms. The molecule has 2 aromatic carbocycles. The van der Waals surface area contributed by atoms with Crippen molar-refractivity contribution in [1.29, 1.82) is 0 Å². The van der Waals surface area contributed by atoms with Crippen molar-refractivity contribution >= 4 is 22.4 Å². The van der Waals surface area contributed by atoms with Crippen LogP contribution < -0.4 is 15.1 Å². The molecule has 7 heteroatoms. The van der Waals surface area contributed by atoms with Gasteiger partial charge in [-0.05, 0) is 67.3 Å². The van der Waals surface area contributed by atoms with Gasteiger partial charge in [-0.1, -0.05) is 24.3 Å². The molecular weight excluding hydrogens is 484 g/mol. The van der Waals surface area contributed by atoms with Gasteiger partial charge in [0.15, 0.2) is 0 Å². The van der Waals surface area contributed by atoms with Crippen molar-refractivity contribution in [3.63, 3.8) is 0 Å². The fraction of sp³-hybridized carbons (Fsp3) is 0.562. The zero-order valence-corrected chi connectivity index (χ0v) is 23.2. The van der Waals surface area contributed by atoms with Gasteiger partial charge in [-0.3, -0.25) is 4.90 Å². The van der Waals surface area contributed by atoms with Crippen LogP contribution in [-0.4, -0.2) is 80.4 Å². The molecule has 39 heavy (non-hydrogen) atoms. The van der Waals surface area contributed by atoms with Crippen LogP contribution >= 0.6 is 0 Å². The van der Waals surface area contributed by atoms with E-state index in [0.717, 1.165) is 76.2 Å². The van der Waals surface area contributed by atoms with Crippen molar-refractivity contribution in [1.82, 2.24) is 20.2 Å². The summed E-state index contributed by atoms with van der Waals surface area (Å²) in [6.07, 6.45) is 6.13. The predicted molar refractivity (Wildman–Crippen MR) is 158 cm³/mol. The average molecular weight is 527 g/mol. The molecule has 206 valence electrons. The molecule has 7 rings (SSSR count). The summed E-state index contributed by atoms with van der Waals surface area (Å²) in [5, 5.41) is 4.87. The van der Waals surface area contributed by atoms with Crippen LogP contribution in [0.3, 0.4) is 0 Å². The molecular formula is C32H42N6O. The average Bonchev–Trinajstić information content (AvgIpc) is 3.81. The largest absolute Gasteiger partial charge is 0.379 e. The Morgan fingerprint density at radius 1 is 0.821 bits per heavy atom. The normalized spacial score (nSPS) is 20.9. The summed E-state index contributed by atoms with van der Waals surface area (Å²) in [6, 6.07) is 15.9. The van der Waals surface area contributed by atoms with E-state index in [-0.39, 0.29) is 0 Å². The van der Waals surface area contributed by atoms with Gasteiger partial charge in [-0.2, -0.15) is 0 Å². The fourth-order valence-electron chi connectivity index (χ4n) is 6.43. The Morgan fingerprint density at radius 2 is 1.64 bits per heavy atom. The molecule has 0 unspecified atom stereocenters. The molecule has 0 bridgehead atoms. The first-order valence-corrected chi connectivity index (χ1v) is 15.2. The summed E-state index contributed by atoms with van der Waals surface area (Å²) in [7, 11) is 0. The zero-order valence-electron chi connectivity index (χ0n) is 23.2. The van der Waals surface area contributed by atoms with Crippen molar-refractivity contribution in [2.24, 2.45) is 0 Å². The number of fused-ring (bicyclic) bond motifs is 1. The van der Waals surface area contributed by atoms with Gasteiger partial charge in [0.2, 0.25) is 0 Å². The number of para-hydroxylation sites is 1. The second kappa shape index (κ2) is 11.4. The third-order valence-electron chi connectivity index (χ3n) is 9.11. The van der Waals surface area contributed by atoms with Crippen LogP contribution in [0.4, 0.5) is 11.5 Å². The highest BCUT2D eigenvalue weighted by molar-refractivity contribution is 5.90. The summed E-state index contributed by atoms with van der Waals surface area (Å²) in [4.78, 5) is 17.8. The second-order valence-electron chi connectivity index (χ2n) is 11.8. The minimum absolute atomic E-state index is 0.552. The first-order chi connectivity index (χ1) is 19.3. The minimum atomic E-state index is 0.552. The highest BCUT2D eigenvalue weighted by Gasteiger charge is 2.30. The molecule has 3 saturated heterocycles. The lowest BCUT2D eigenvalue weighted by Crippen LogP contribution is -2.40. The summed E-state index contributed by atoms with van der Waals surface area (Å²) >= 11 is 0. The summed E-state index contributed by atoms with van der Waals surface area (Å²) in [5.41, 5.74) is 5.43. The van der Waals surface area contributed by atoms with Crippen molar-refractivity contribution in [3.05, 3.63) is 59.4 Å². The van der Waals surface area contributed by atoms with E-state index in [4.69, 9.17) is 14.7 Å².